The number of alkyl halides is 6. The van der Waals surface area contributed by atoms with Crippen molar-refractivity contribution < 1.29 is 35.3 Å². The molecule has 0 spiro atoms. The molecule has 3 nitrogen and oxygen atoms in total. The third-order valence-electron chi connectivity index (χ3n) is 4.45. The van der Waals surface area contributed by atoms with E-state index in [-0.39, 0.29) is 16.1 Å². The largest absolute Gasteiger partial charge is 0.400 e. The molecule has 3 atom stereocenters. The summed E-state index contributed by atoms with van der Waals surface area (Å²) in [6.07, 6.45) is -6.95. The summed E-state index contributed by atoms with van der Waals surface area (Å²) >= 11 is 12.5. The summed E-state index contributed by atoms with van der Waals surface area (Å²) < 4.78 is 90.5. The zero-order valence-electron chi connectivity index (χ0n) is 17.8. The number of rotatable bonds is 8. The predicted octanol–water partition coefficient (Wildman–Crippen LogP) is 7.65. The number of amides is 1. The minimum absolute atomic E-state index is 0.00833. The zero-order chi connectivity index (χ0) is 26.6. The van der Waals surface area contributed by atoms with Crippen LogP contribution >= 0.6 is 43.5 Å². The van der Waals surface area contributed by atoms with Crippen molar-refractivity contribution in [1.29, 1.82) is 0 Å². The van der Waals surface area contributed by atoms with E-state index >= 15 is 0 Å². The van der Waals surface area contributed by atoms with Gasteiger partial charge in [0, 0.05) is 31.5 Å². The summed E-state index contributed by atoms with van der Waals surface area (Å²) in [7, 11) is -2.21. The highest BCUT2D eigenvalue weighted by molar-refractivity contribution is 9.11. The van der Waals surface area contributed by atoms with Gasteiger partial charge in [0.25, 0.3) is 5.91 Å². The molecule has 0 bridgehead atoms. The van der Waals surface area contributed by atoms with Crippen molar-refractivity contribution >= 4 is 66.2 Å². The third kappa shape index (κ3) is 9.89. The number of halogens is 9. The van der Waals surface area contributed by atoms with Crippen LogP contribution in [0, 0.1) is 0 Å². The third-order valence-corrected chi connectivity index (χ3v) is 7.20. The fourth-order valence-electron chi connectivity index (χ4n) is 3.05. The van der Waals surface area contributed by atoms with Gasteiger partial charge < -0.3 is 5.32 Å². The predicted molar refractivity (Wildman–Crippen MR) is 132 cm³/mol. The fraction of sp³-hybridized carbons (Fsp3) is 0.318. The molecule has 2 aromatic rings. The van der Waals surface area contributed by atoms with Crippen LogP contribution in [0.1, 0.15) is 34.3 Å². The second-order valence-electron chi connectivity index (χ2n) is 7.56. The highest BCUT2D eigenvalue weighted by atomic mass is 79.9. The molecule has 0 aliphatic carbocycles. The maximum absolute atomic E-state index is 13.7. The molecule has 0 saturated carbocycles. The van der Waals surface area contributed by atoms with Gasteiger partial charge in [-0.1, -0.05) is 61.7 Å². The first-order valence-electron chi connectivity index (χ1n) is 9.78. The number of nitrogens with one attached hydrogen (secondary N) is 1. The average molecular weight is 670 g/mol. The molecule has 0 aliphatic heterocycles. The maximum Gasteiger partial charge on any atom is 0.400 e. The molecule has 0 radical (unpaired) electrons. The van der Waals surface area contributed by atoms with E-state index in [1.54, 1.807) is 6.07 Å². The smallest absolute Gasteiger partial charge is 0.349 e. The lowest BCUT2D eigenvalue weighted by molar-refractivity contribution is -0.139. The summed E-state index contributed by atoms with van der Waals surface area (Å²) in [5, 5.41) is 2.35. The lowest BCUT2D eigenvalue weighted by Crippen LogP contribution is -2.38. The summed E-state index contributed by atoms with van der Waals surface area (Å²) in [4.78, 5) is 12.4. The highest BCUT2D eigenvalue weighted by Gasteiger charge is 2.39. The van der Waals surface area contributed by atoms with E-state index in [4.69, 9.17) is 11.6 Å². The van der Waals surface area contributed by atoms with Crippen molar-refractivity contribution in [1.82, 2.24) is 5.32 Å². The topological polar surface area (TPSA) is 46.2 Å². The second kappa shape index (κ2) is 12.2. The van der Waals surface area contributed by atoms with Crippen LogP contribution in [-0.4, -0.2) is 40.0 Å². The summed E-state index contributed by atoms with van der Waals surface area (Å²) in [5.74, 6) is -4.51. The van der Waals surface area contributed by atoms with E-state index in [1.807, 2.05) is 0 Å². The van der Waals surface area contributed by atoms with Crippen LogP contribution in [0.5, 0.6) is 0 Å². The van der Waals surface area contributed by atoms with Gasteiger partial charge in [-0.3, -0.25) is 9.00 Å². The summed E-state index contributed by atoms with van der Waals surface area (Å²) in [6.45, 7) is 1.40. The van der Waals surface area contributed by atoms with Gasteiger partial charge in [0.2, 0.25) is 0 Å². The van der Waals surface area contributed by atoms with Gasteiger partial charge in [-0.2, -0.15) is 26.3 Å². The second-order valence-corrected chi connectivity index (χ2v) is 11.3. The number of allylic oxidation sites excluding steroid dienone is 1. The fourth-order valence-corrected chi connectivity index (χ4v) is 5.78. The molecule has 2 aromatic carbocycles. The minimum Gasteiger partial charge on any atom is -0.349 e. The molecule has 0 aliphatic rings. The van der Waals surface area contributed by atoms with Crippen molar-refractivity contribution in [2.75, 3.05) is 11.5 Å². The van der Waals surface area contributed by atoms with Gasteiger partial charge >= 0.3 is 12.4 Å². The number of hydrogen-bond donors (Lipinski definition) is 1. The Morgan fingerprint density at radius 3 is 2.20 bits per heavy atom. The first-order valence-corrected chi connectivity index (χ1v) is 13.2. The molecule has 13 heteroatoms. The van der Waals surface area contributed by atoms with Crippen LogP contribution in [0.25, 0.3) is 6.08 Å². The SMILES string of the molecule is CC(CS(=O)CC(F)(F)F)NC(=O)c1ccc(/C=C/C(c2cc(Br)cc(Br)c2)C(F)(F)F)cc1Cl. The minimum atomic E-state index is -4.58. The number of benzene rings is 2. The molecule has 3 unspecified atom stereocenters. The first kappa shape index (κ1) is 29.9. The molecule has 0 saturated heterocycles. The Hall–Kier alpha value is -1.37. The molecular formula is C22H18Br2ClF6NO2S. The Balaban J connectivity index is 2.15. The average Bonchev–Trinajstić information content (AvgIpc) is 2.64. The molecular weight excluding hydrogens is 652 g/mol. The van der Waals surface area contributed by atoms with Crippen molar-refractivity contribution in [2.45, 2.75) is 31.2 Å². The van der Waals surface area contributed by atoms with Gasteiger partial charge in [0.15, 0.2) is 0 Å². The maximum atomic E-state index is 13.7. The van der Waals surface area contributed by atoms with Crippen molar-refractivity contribution in [3.63, 3.8) is 0 Å². The van der Waals surface area contributed by atoms with Crippen molar-refractivity contribution in [3.05, 3.63) is 73.1 Å². The van der Waals surface area contributed by atoms with Gasteiger partial charge in [-0.15, -0.1) is 0 Å². The monoisotopic (exact) mass is 667 g/mol. The van der Waals surface area contributed by atoms with Gasteiger partial charge in [-0.05, 0) is 48.4 Å². The van der Waals surface area contributed by atoms with Crippen LogP contribution in [0.3, 0.4) is 0 Å². The van der Waals surface area contributed by atoms with Gasteiger partial charge in [0.1, 0.15) is 5.75 Å². The quantitative estimate of drug-likeness (QED) is 0.294. The molecule has 2 rings (SSSR count). The normalized spacial score (nSPS) is 15.1. The number of carbonyl (C=O) groups is 1. The van der Waals surface area contributed by atoms with Crippen LogP contribution in [0.2, 0.25) is 5.02 Å². The van der Waals surface area contributed by atoms with Crippen molar-refractivity contribution in [2.24, 2.45) is 0 Å². The van der Waals surface area contributed by atoms with E-state index in [1.165, 1.54) is 43.3 Å². The first-order chi connectivity index (χ1) is 16.0. The molecule has 1 amide bonds. The number of hydrogen-bond acceptors (Lipinski definition) is 2. The summed E-state index contributed by atoms with van der Waals surface area (Å²) in [5.41, 5.74) is 0.281. The highest BCUT2D eigenvalue weighted by Crippen LogP contribution is 2.38. The van der Waals surface area contributed by atoms with E-state index in [0.717, 1.165) is 6.08 Å². The van der Waals surface area contributed by atoms with Gasteiger partial charge in [0.05, 0.1) is 16.5 Å². The molecule has 0 heterocycles. The standard InChI is InChI=1S/C22H18Br2ClF6NO2S/c1-12(10-35(34)11-21(26,27)28)32-20(33)17-4-2-13(6-19(17)25)3-5-18(22(29,30)31)14-7-15(23)9-16(24)8-14/h2-9,12,18H,10-11H2,1H3,(H,32,33)/b5-3+. The molecule has 1 N–H and O–H groups in total. The van der Waals surface area contributed by atoms with Crippen LogP contribution < -0.4 is 5.32 Å². The van der Waals surface area contributed by atoms with Crippen LogP contribution in [-0.2, 0) is 10.8 Å². The Labute approximate surface area is 222 Å². The molecule has 0 fully saturated rings. The Bertz CT molecular complexity index is 1100. The lowest BCUT2D eigenvalue weighted by Gasteiger charge is -2.18. The molecule has 192 valence electrons. The Kier molecular flexibility index (Phi) is 10.4. The Morgan fingerprint density at radius 1 is 1.09 bits per heavy atom. The number of carbonyl (C=O) groups excluding carboxylic acids is 1. The van der Waals surface area contributed by atoms with E-state index in [9.17, 15) is 35.3 Å². The van der Waals surface area contributed by atoms with Crippen LogP contribution in [0.15, 0.2) is 51.4 Å². The Morgan fingerprint density at radius 2 is 1.69 bits per heavy atom. The van der Waals surface area contributed by atoms with Crippen molar-refractivity contribution in [3.8, 4) is 0 Å². The van der Waals surface area contributed by atoms with E-state index in [0.29, 0.717) is 14.5 Å². The zero-order valence-corrected chi connectivity index (χ0v) is 22.6. The summed E-state index contributed by atoms with van der Waals surface area (Å²) in [6, 6.07) is 7.46. The van der Waals surface area contributed by atoms with E-state index in [2.05, 4.69) is 37.2 Å². The lowest BCUT2D eigenvalue weighted by atomic mass is 9.97. The van der Waals surface area contributed by atoms with Gasteiger partial charge in [-0.25, -0.2) is 0 Å². The molecule has 0 aromatic heterocycles. The molecule has 35 heavy (non-hydrogen) atoms. The van der Waals surface area contributed by atoms with Crippen LogP contribution in [0.4, 0.5) is 26.3 Å². The van der Waals surface area contributed by atoms with E-state index < -0.39 is 52.5 Å².